The van der Waals surface area contributed by atoms with Crippen molar-refractivity contribution in [1.29, 1.82) is 0 Å². The lowest BCUT2D eigenvalue weighted by Gasteiger charge is -2.08. The van der Waals surface area contributed by atoms with Crippen LogP contribution in [-0.2, 0) is 10.0 Å². The summed E-state index contributed by atoms with van der Waals surface area (Å²) >= 11 is 0. The van der Waals surface area contributed by atoms with Crippen LogP contribution in [0.2, 0.25) is 0 Å². The Balaban J connectivity index is 3.20. The van der Waals surface area contributed by atoms with Gasteiger partial charge in [0, 0.05) is 6.54 Å². The van der Waals surface area contributed by atoms with E-state index < -0.39 is 37.5 Å². The van der Waals surface area contributed by atoms with Gasteiger partial charge in [-0.05, 0) is 19.1 Å². The number of aliphatic hydroxyl groups is 1. The Kier molecular flexibility index (Phi) is 4.33. The van der Waals surface area contributed by atoms with Crippen molar-refractivity contribution in [3.8, 4) is 0 Å². The summed E-state index contributed by atoms with van der Waals surface area (Å²) in [6.07, 6.45) is -0.945. The molecule has 1 aromatic carbocycles. The molecule has 0 radical (unpaired) electrons. The molecule has 9 heteroatoms. The zero-order valence-electron chi connectivity index (χ0n) is 9.33. The lowest BCUT2D eigenvalue weighted by Crippen LogP contribution is -2.31. The summed E-state index contributed by atoms with van der Waals surface area (Å²) < 4.78 is 38.3. The zero-order chi connectivity index (χ0) is 13.9. The second-order valence-electron chi connectivity index (χ2n) is 3.57. The highest BCUT2D eigenvalue weighted by Gasteiger charge is 2.26. The van der Waals surface area contributed by atoms with Crippen LogP contribution in [0.1, 0.15) is 6.92 Å². The summed E-state index contributed by atoms with van der Waals surface area (Å²) in [4.78, 5) is 9.03. The fourth-order valence-corrected chi connectivity index (χ4v) is 2.44. The molecule has 1 aromatic rings. The molecule has 0 spiro atoms. The lowest BCUT2D eigenvalue weighted by molar-refractivity contribution is -0.388. The van der Waals surface area contributed by atoms with Gasteiger partial charge in [-0.3, -0.25) is 10.1 Å². The molecule has 0 aliphatic rings. The monoisotopic (exact) mass is 278 g/mol. The van der Waals surface area contributed by atoms with Crippen LogP contribution in [0.15, 0.2) is 23.1 Å². The van der Waals surface area contributed by atoms with E-state index in [1.807, 2.05) is 4.72 Å². The van der Waals surface area contributed by atoms with Crippen molar-refractivity contribution in [3.05, 3.63) is 34.1 Å². The van der Waals surface area contributed by atoms with Gasteiger partial charge < -0.3 is 5.11 Å². The smallest absolute Gasteiger partial charge is 0.292 e. The van der Waals surface area contributed by atoms with Gasteiger partial charge in [-0.25, -0.2) is 17.5 Å². The molecule has 1 rings (SSSR count). The lowest BCUT2D eigenvalue weighted by atomic mass is 10.3. The molecule has 0 fully saturated rings. The minimum absolute atomic E-state index is 0.295. The van der Waals surface area contributed by atoms with Gasteiger partial charge in [0.2, 0.25) is 10.0 Å². The summed E-state index contributed by atoms with van der Waals surface area (Å²) in [7, 11) is -4.17. The Morgan fingerprint density at radius 2 is 2.17 bits per heavy atom. The van der Waals surface area contributed by atoms with E-state index in [1.165, 1.54) is 6.92 Å². The predicted octanol–water partition coefficient (Wildman–Crippen LogP) is 0.393. The first-order valence-corrected chi connectivity index (χ1v) is 6.34. The van der Waals surface area contributed by atoms with Crippen LogP contribution < -0.4 is 4.72 Å². The zero-order valence-corrected chi connectivity index (χ0v) is 10.1. The van der Waals surface area contributed by atoms with Crippen LogP contribution in [-0.4, -0.2) is 31.1 Å². The topological polar surface area (TPSA) is 110 Å². The van der Waals surface area contributed by atoms with Crippen molar-refractivity contribution < 1.29 is 22.8 Å². The number of hydrogen-bond donors (Lipinski definition) is 2. The summed E-state index contributed by atoms with van der Waals surface area (Å²) in [6, 6.07) is 2.14. The van der Waals surface area contributed by atoms with E-state index in [2.05, 4.69) is 0 Å². The van der Waals surface area contributed by atoms with Gasteiger partial charge in [-0.15, -0.1) is 0 Å². The predicted molar refractivity (Wildman–Crippen MR) is 59.9 cm³/mol. The minimum atomic E-state index is -4.17. The van der Waals surface area contributed by atoms with Gasteiger partial charge in [0.15, 0.2) is 4.90 Å². The largest absolute Gasteiger partial charge is 0.392 e. The highest BCUT2D eigenvalue weighted by molar-refractivity contribution is 7.89. The third kappa shape index (κ3) is 3.45. The number of benzene rings is 1. The first kappa shape index (κ1) is 14.5. The molecule has 0 aliphatic heterocycles. The maximum Gasteiger partial charge on any atom is 0.292 e. The molecule has 0 aromatic heterocycles. The number of rotatable bonds is 5. The fourth-order valence-electron chi connectivity index (χ4n) is 1.17. The van der Waals surface area contributed by atoms with E-state index >= 15 is 0 Å². The van der Waals surface area contributed by atoms with Crippen molar-refractivity contribution in [2.75, 3.05) is 6.54 Å². The SMILES string of the molecule is C[C@H](O)CNS(=O)(=O)c1ccc(F)cc1[N+](=O)[O-]. The maximum absolute atomic E-state index is 12.9. The van der Waals surface area contributed by atoms with Crippen molar-refractivity contribution >= 4 is 15.7 Å². The average Bonchev–Trinajstić information content (AvgIpc) is 2.26. The molecule has 0 aliphatic carbocycles. The van der Waals surface area contributed by atoms with Crippen LogP contribution in [0.25, 0.3) is 0 Å². The number of nitrogens with zero attached hydrogens (tertiary/aromatic N) is 1. The minimum Gasteiger partial charge on any atom is -0.392 e. The Bertz CT molecular complexity index is 558. The molecule has 7 nitrogen and oxygen atoms in total. The van der Waals surface area contributed by atoms with Crippen molar-refractivity contribution in [2.24, 2.45) is 0 Å². The average molecular weight is 278 g/mol. The van der Waals surface area contributed by atoms with E-state index in [0.717, 1.165) is 12.1 Å². The molecule has 0 bridgehead atoms. The summed E-state index contributed by atoms with van der Waals surface area (Å²) in [5, 5.41) is 19.6. The second-order valence-corrected chi connectivity index (χ2v) is 5.31. The third-order valence-electron chi connectivity index (χ3n) is 1.98. The number of nitrogens with one attached hydrogen (secondary N) is 1. The van der Waals surface area contributed by atoms with E-state index in [0.29, 0.717) is 6.07 Å². The molecule has 18 heavy (non-hydrogen) atoms. The molecule has 0 heterocycles. The number of nitro benzene ring substituents is 1. The number of sulfonamides is 1. The summed E-state index contributed by atoms with van der Waals surface area (Å²) in [5.41, 5.74) is -0.854. The van der Waals surface area contributed by atoms with Crippen LogP contribution in [0.4, 0.5) is 10.1 Å². The van der Waals surface area contributed by atoms with Gasteiger partial charge in [0.25, 0.3) is 5.69 Å². The Morgan fingerprint density at radius 3 is 2.67 bits per heavy atom. The molecule has 2 N–H and O–H groups in total. The van der Waals surface area contributed by atoms with E-state index in [4.69, 9.17) is 5.11 Å². The maximum atomic E-state index is 12.9. The molecule has 0 amide bonds. The molecular weight excluding hydrogens is 267 g/mol. The van der Waals surface area contributed by atoms with Gasteiger partial charge in [-0.2, -0.15) is 0 Å². The van der Waals surface area contributed by atoms with Gasteiger partial charge in [-0.1, -0.05) is 0 Å². The van der Waals surface area contributed by atoms with E-state index in [-0.39, 0.29) is 6.54 Å². The van der Waals surface area contributed by atoms with Crippen LogP contribution >= 0.6 is 0 Å². The quantitative estimate of drug-likeness (QED) is 0.598. The van der Waals surface area contributed by atoms with Gasteiger partial charge in [0.05, 0.1) is 17.1 Å². The first-order chi connectivity index (χ1) is 8.24. The van der Waals surface area contributed by atoms with E-state index in [1.54, 1.807) is 0 Å². The standard InChI is InChI=1S/C9H11FN2O5S/c1-6(13)5-11-18(16,17)9-3-2-7(10)4-8(9)12(14)15/h2-4,6,11,13H,5H2,1H3/t6-/m0/s1. The van der Waals surface area contributed by atoms with Gasteiger partial charge in [0.1, 0.15) is 5.82 Å². The highest BCUT2D eigenvalue weighted by Crippen LogP contribution is 2.24. The van der Waals surface area contributed by atoms with Crippen LogP contribution in [0.3, 0.4) is 0 Å². The Hall–Kier alpha value is -1.58. The molecule has 100 valence electrons. The Labute approximate surface area is 102 Å². The number of halogens is 1. The molecular formula is C9H11FN2O5S. The molecule has 1 atom stereocenters. The van der Waals surface area contributed by atoms with Crippen molar-refractivity contribution in [1.82, 2.24) is 4.72 Å². The molecule has 0 saturated heterocycles. The second kappa shape index (κ2) is 5.38. The summed E-state index contributed by atoms with van der Waals surface area (Å²) in [5.74, 6) is -0.906. The highest BCUT2D eigenvalue weighted by atomic mass is 32.2. The third-order valence-corrected chi connectivity index (χ3v) is 3.45. The number of nitro groups is 1. The molecule has 0 saturated carbocycles. The van der Waals surface area contributed by atoms with Crippen LogP contribution in [0.5, 0.6) is 0 Å². The number of aliphatic hydroxyl groups excluding tert-OH is 1. The normalized spacial score (nSPS) is 13.3. The molecule has 0 unspecified atom stereocenters. The van der Waals surface area contributed by atoms with E-state index in [9.17, 15) is 22.9 Å². The fraction of sp³-hybridized carbons (Fsp3) is 0.333. The first-order valence-electron chi connectivity index (χ1n) is 4.85. The van der Waals surface area contributed by atoms with Crippen molar-refractivity contribution in [2.45, 2.75) is 17.9 Å². The number of hydrogen-bond acceptors (Lipinski definition) is 5. The Morgan fingerprint density at radius 1 is 1.56 bits per heavy atom. The summed E-state index contributed by atoms with van der Waals surface area (Å²) in [6.45, 7) is 1.05. The van der Waals surface area contributed by atoms with Crippen molar-refractivity contribution in [3.63, 3.8) is 0 Å². The van der Waals surface area contributed by atoms with Gasteiger partial charge >= 0.3 is 0 Å². The van der Waals surface area contributed by atoms with Crippen LogP contribution in [0, 0.1) is 15.9 Å².